The van der Waals surface area contributed by atoms with Gasteiger partial charge in [0.15, 0.2) is 11.7 Å². The minimum Gasteiger partial charge on any atom is -0.490 e. The van der Waals surface area contributed by atoms with Crippen molar-refractivity contribution in [3.8, 4) is 11.5 Å². The summed E-state index contributed by atoms with van der Waals surface area (Å²) in [5.41, 5.74) is -0.444. The Labute approximate surface area is 173 Å². The molecule has 0 amide bonds. The molecule has 3 aromatic rings. The zero-order chi connectivity index (χ0) is 21.5. The normalized spacial score (nSPS) is 12.1. The third-order valence-electron chi connectivity index (χ3n) is 4.41. The molecule has 2 nitrogen and oxygen atoms in total. The molecule has 0 radical (unpaired) electrons. The van der Waals surface area contributed by atoms with Crippen molar-refractivity contribution in [1.82, 2.24) is 0 Å². The van der Waals surface area contributed by atoms with Gasteiger partial charge in [-0.3, -0.25) is 0 Å². The second-order valence-electron chi connectivity index (χ2n) is 6.44. The molecule has 0 saturated carbocycles. The smallest absolute Gasteiger partial charge is 0.169 e. The third kappa shape index (κ3) is 4.74. The second-order valence-corrected chi connectivity index (χ2v) is 6.44. The van der Waals surface area contributed by atoms with Crippen molar-refractivity contribution in [2.75, 3.05) is 13.2 Å². The molecule has 0 spiro atoms. The Hall–Kier alpha value is -3.47. The summed E-state index contributed by atoms with van der Waals surface area (Å²) < 4.78 is 55.2. The fourth-order valence-electron chi connectivity index (χ4n) is 2.87. The van der Waals surface area contributed by atoms with Gasteiger partial charge in [0.05, 0.1) is 0 Å². The van der Waals surface area contributed by atoms with E-state index < -0.39 is 23.0 Å². The molecule has 3 aromatic carbocycles. The summed E-state index contributed by atoms with van der Waals surface area (Å²) in [5.74, 6) is -2.17. The average Bonchev–Trinajstić information content (AvgIpc) is 2.77. The number of halogens is 3. The Bertz CT molecular complexity index is 1100. The number of allylic oxidation sites excluding steroid dienone is 1. The van der Waals surface area contributed by atoms with Crippen LogP contribution in [-0.4, -0.2) is 13.2 Å². The number of benzene rings is 3. The summed E-state index contributed by atoms with van der Waals surface area (Å²) >= 11 is 0. The first-order chi connectivity index (χ1) is 14.5. The van der Waals surface area contributed by atoms with Crippen molar-refractivity contribution in [3.63, 3.8) is 0 Å². The monoisotopic (exact) mass is 410 g/mol. The van der Waals surface area contributed by atoms with Crippen LogP contribution in [0.1, 0.15) is 18.1 Å². The highest BCUT2D eigenvalue weighted by Gasteiger charge is 2.17. The maximum Gasteiger partial charge on any atom is 0.169 e. The van der Waals surface area contributed by atoms with Gasteiger partial charge in [0.2, 0.25) is 0 Å². The molecule has 0 N–H and O–H groups in total. The number of hydrogen-bond donors (Lipinski definition) is 0. The van der Waals surface area contributed by atoms with Crippen LogP contribution in [0, 0.1) is 5.82 Å². The molecule has 0 bridgehead atoms. The van der Waals surface area contributed by atoms with Gasteiger partial charge in [-0.05, 0) is 60.8 Å². The molecule has 0 atom stereocenters. The van der Waals surface area contributed by atoms with E-state index in [-0.39, 0.29) is 10.9 Å². The molecule has 5 heteroatoms. The van der Waals surface area contributed by atoms with Crippen LogP contribution in [0.3, 0.4) is 0 Å². The lowest BCUT2D eigenvalue weighted by molar-refractivity contribution is 0.363. The van der Waals surface area contributed by atoms with Crippen LogP contribution in [0.15, 0.2) is 79.4 Å². The van der Waals surface area contributed by atoms with E-state index in [1.807, 2.05) is 19.1 Å². The maximum absolute atomic E-state index is 14.9. The van der Waals surface area contributed by atoms with Crippen LogP contribution in [0.4, 0.5) is 13.2 Å². The Morgan fingerprint density at radius 2 is 1.60 bits per heavy atom. The van der Waals surface area contributed by atoms with Crippen molar-refractivity contribution >= 4 is 22.4 Å². The van der Waals surface area contributed by atoms with E-state index in [2.05, 4.69) is 6.58 Å². The van der Waals surface area contributed by atoms with Crippen LogP contribution >= 0.6 is 0 Å². The van der Waals surface area contributed by atoms with E-state index in [4.69, 9.17) is 9.47 Å². The van der Waals surface area contributed by atoms with Crippen LogP contribution in [-0.2, 0) is 0 Å². The van der Waals surface area contributed by atoms with E-state index in [1.165, 1.54) is 42.5 Å². The van der Waals surface area contributed by atoms with Gasteiger partial charge in [-0.15, -0.1) is 0 Å². The Balaban J connectivity index is 1.91. The maximum atomic E-state index is 14.9. The van der Waals surface area contributed by atoms with E-state index in [1.54, 1.807) is 18.2 Å². The molecule has 0 fully saturated rings. The summed E-state index contributed by atoms with van der Waals surface area (Å²) in [4.78, 5) is 0. The van der Waals surface area contributed by atoms with Gasteiger partial charge in [-0.25, -0.2) is 13.2 Å². The summed E-state index contributed by atoms with van der Waals surface area (Å²) in [6.07, 6.45) is 5.28. The van der Waals surface area contributed by atoms with E-state index in [0.717, 1.165) is 0 Å². The van der Waals surface area contributed by atoms with Crippen LogP contribution in [0.5, 0.6) is 11.5 Å². The molecule has 0 heterocycles. The number of ether oxygens (including phenoxy) is 2. The molecule has 3 rings (SSSR count). The molecule has 0 aliphatic carbocycles. The fourth-order valence-corrected chi connectivity index (χ4v) is 2.87. The third-order valence-corrected chi connectivity index (χ3v) is 4.41. The van der Waals surface area contributed by atoms with Gasteiger partial charge < -0.3 is 9.47 Å². The average molecular weight is 410 g/mol. The fraction of sp³-hybridized carbons (Fsp3) is 0.120. The van der Waals surface area contributed by atoms with Gasteiger partial charge >= 0.3 is 0 Å². The first-order valence-electron chi connectivity index (χ1n) is 9.41. The van der Waals surface area contributed by atoms with Crippen molar-refractivity contribution in [1.29, 1.82) is 0 Å². The summed E-state index contributed by atoms with van der Waals surface area (Å²) in [5, 5.41) is 0.716. The largest absolute Gasteiger partial charge is 0.490 e. The molecule has 0 unspecified atom stereocenters. The topological polar surface area (TPSA) is 18.5 Å². The van der Waals surface area contributed by atoms with Crippen LogP contribution in [0.2, 0.25) is 0 Å². The van der Waals surface area contributed by atoms with Gasteiger partial charge in [0.1, 0.15) is 30.5 Å². The molecule has 0 aliphatic rings. The quantitative estimate of drug-likeness (QED) is 0.287. The van der Waals surface area contributed by atoms with E-state index in [0.29, 0.717) is 30.1 Å². The van der Waals surface area contributed by atoms with Gasteiger partial charge in [-0.2, -0.15) is 0 Å². The number of fused-ring (bicyclic) bond motifs is 1. The lowest BCUT2D eigenvalue weighted by Crippen LogP contribution is -1.95. The first-order valence-corrected chi connectivity index (χ1v) is 9.41. The zero-order valence-electron chi connectivity index (χ0n) is 16.5. The predicted octanol–water partition coefficient (Wildman–Crippen LogP) is 7.26. The summed E-state index contributed by atoms with van der Waals surface area (Å²) in [6.45, 7) is 6.12. The minimum absolute atomic E-state index is 0.00863. The lowest BCUT2D eigenvalue weighted by atomic mass is 10.0. The van der Waals surface area contributed by atoms with Gasteiger partial charge in [-0.1, -0.05) is 30.9 Å². The Morgan fingerprint density at radius 1 is 0.900 bits per heavy atom. The van der Waals surface area contributed by atoms with Crippen molar-refractivity contribution in [3.05, 3.63) is 96.3 Å². The molecule has 0 saturated heterocycles. The number of rotatable bonds is 8. The zero-order valence-corrected chi connectivity index (χ0v) is 16.5. The van der Waals surface area contributed by atoms with Crippen molar-refractivity contribution in [2.45, 2.75) is 6.92 Å². The highest BCUT2D eigenvalue weighted by molar-refractivity contribution is 5.91. The standard InChI is InChI=1S/C25H21F3O2/c1-3-5-15-30-20-11-13-21-18(16-20)8-12-22(24(21)27)25(28)23(26)17-6-9-19(10-7-17)29-14-4-2/h3-13,16H,2,14-15H2,1H3. The van der Waals surface area contributed by atoms with Crippen LogP contribution < -0.4 is 9.47 Å². The highest BCUT2D eigenvalue weighted by Crippen LogP contribution is 2.34. The molecular weight excluding hydrogens is 389 g/mol. The van der Waals surface area contributed by atoms with Crippen molar-refractivity contribution < 1.29 is 22.6 Å². The first kappa shape index (κ1) is 21.2. The Morgan fingerprint density at radius 3 is 2.30 bits per heavy atom. The molecular formula is C25H21F3O2. The van der Waals surface area contributed by atoms with E-state index >= 15 is 0 Å². The lowest BCUT2D eigenvalue weighted by Gasteiger charge is -2.09. The van der Waals surface area contributed by atoms with E-state index in [9.17, 15) is 13.2 Å². The van der Waals surface area contributed by atoms with Crippen molar-refractivity contribution in [2.24, 2.45) is 0 Å². The molecule has 0 aliphatic heterocycles. The van der Waals surface area contributed by atoms with Gasteiger partial charge in [0.25, 0.3) is 0 Å². The Kier molecular flexibility index (Phi) is 6.96. The predicted molar refractivity (Wildman–Crippen MR) is 115 cm³/mol. The second kappa shape index (κ2) is 9.83. The highest BCUT2D eigenvalue weighted by atomic mass is 19.2. The molecule has 154 valence electrons. The summed E-state index contributed by atoms with van der Waals surface area (Å²) in [6, 6.07) is 13.3. The summed E-state index contributed by atoms with van der Waals surface area (Å²) in [7, 11) is 0. The molecule has 0 aromatic heterocycles. The minimum atomic E-state index is -1.26. The molecule has 30 heavy (non-hydrogen) atoms. The number of hydrogen-bond acceptors (Lipinski definition) is 2. The van der Waals surface area contributed by atoms with Gasteiger partial charge in [0, 0.05) is 16.5 Å². The SMILES string of the molecule is C=CCOc1ccc(C(F)=C(F)c2ccc3cc(OCC=CC)ccc3c2F)cc1. The van der Waals surface area contributed by atoms with Crippen LogP contribution in [0.25, 0.3) is 22.4 Å².